The molecule has 0 bridgehead atoms. The SMILES string of the molecule is Cc1nn(C)c(C)c1-c1ccc(C[n+]2cc(N=C([O-])Nc3cccc(C(F)(F)F)c3)on2)cc1. The van der Waals surface area contributed by atoms with Crippen molar-refractivity contribution >= 4 is 17.6 Å². The summed E-state index contributed by atoms with van der Waals surface area (Å²) in [5, 5.41) is 22.6. The van der Waals surface area contributed by atoms with Gasteiger partial charge in [-0.05, 0) is 42.3 Å². The number of nitrogens with one attached hydrogen (secondary N) is 1. The van der Waals surface area contributed by atoms with E-state index in [1.54, 1.807) is 0 Å². The van der Waals surface area contributed by atoms with E-state index in [4.69, 9.17) is 4.52 Å². The molecule has 0 atom stereocenters. The number of aromatic nitrogens is 4. The van der Waals surface area contributed by atoms with Crippen molar-refractivity contribution in [3.05, 3.63) is 77.2 Å². The maximum Gasteiger partial charge on any atom is 0.416 e. The van der Waals surface area contributed by atoms with Gasteiger partial charge in [0.15, 0.2) is 0 Å². The molecule has 0 aliphatic heterocycles. The van der Waals surface area contributed by atoms with Crippen molar-refractivity contribution in [1.82, 2.24) is 15.1 Å². The molecular weight excluding hydrogens is 449 g/mol. The summed E-state index contributed by atoms with van der Waals surface area (Å²) in [6.45, 7) is 4.36. The molecule has 0 aliphatic rings. The standard InChI is InChI=1S/C23H21F3N6O2/c1-14-21(15(2)31(3)29-14)17-9-7-16(8-10-17)12-32-13-20(34-30-32)28-22(33)27-19-6-4-5-18(11-19)23(24,25)26/h4-11,13H,12H2,1-3H3,(H-,27,28,30,33). The van der Waals surface area contributed by atoms with E-state index in [1.165, 1.54) is 23.0 Å². The third kappa shape index (κ3) is 5.08. The molecule has 2 aromatic carbocycles. The van der Waals surface area contributed by atoms with E-state index in [2.05, 4.69) is 20.7 Å². The number of rotatable bonds is 5. The van der Waals surface area contributed by atoms with Crippen molar-refractivity contribution in [2.45, 2.75) is 26.6 Å². The van der Waals surface area contributed by atoms with Gasteiger partial charge in [-0.2, -0.15) is 18.3 Å². The Morgan fingerprint density at radius 1 is 1.18 bits per heavy atom. The smallest absolute Gasteiger partial charge is 0.416 e. The lowest BCUT2D eigenvalue weighted by Gasteiger charge is -2.14. The molecule has 0 aliphatic carbocycles. The Morgan fingerprint density at radius 2 is 1.91 bits per heavy atom. The van der Waals surface area contributed by atoms with Crippen LogP contribution >= 0.6 is 0 Å². The summed E-state index contributed by atoms with van der Waals surface area (Å²) in [5.74, 6) is -0.0808. The molecule has 0 saturated heterocycles. The summed E-state index contributed by atoms with van der Waals surface area (Å²) in [6.07, 6.45) is -3.09. The number of halogens is 3. The largest absolute Gasteiger partial charge is 0.846 e. The van der Waals surface area contributed by atoms with Crippen LogP contribution in [0, 0.1) is 13.8 Å². The molecule has 11 heteroatoms. The molecular formula is C23H21F3N6O2. The zero-order valence-electron chi connectivity index (χ0n) is 18.6. The van der Waals surface area contributed by atoms with Gasteiger partial charge in [-0.3, -0.25) is 9.20 Å². The zero-order chi connectivity index (χ0) is 24.5. The van der Waals surface area contributed by atoms with Gasteiger partial charge in [0, 0.05) is 29.6 Å². The van der Waals surface area contributed by atoms with Gasteiger partial charge in [-0.15, -0.1) is 0 Å². The monoisotopic (exact) mass is 470 g/mol. The number of aryl methyl sites for hydroxylation is 2. The van der Waals surface area contributed by atoms with Gasteiger partial charge in [0.2, 0.25) is 11.8 Å². The predicted octanol–water partition coefficient (Wildman–Crippen LogP) is 3.51. The first-order chi connectivity index (χ1) is 16.1. The lowest BCUT2D eigenvalue weighted by Crippen LogP contribution is -2.35. The minimum absolute atomic E-state index is 0.0323. The number of anilines is 1. The number of nitrogens with zero attached hydrogens (tertiary/aromatic N) is 5. The number of hydrogen-bond acceptors (Lipinski definition) is 5. The molecule has 4 aromatic rings. The van der Waals surface area contributed by atoms with Crippen molar-refractivity contribution in [3.8, 4) is 11.1 Å². The number of amidine groups is 1. The van der Waals surface area contributed by atoms with Crippen LogP contribution in [0.5, 0.6) is 0 Å². The van der Waals surface area contributed by atoms with Crippen molar-refractivity contribution in [2.24, 2.45) is 12.0 Å². The second kappa shape index (κ2) is 9.00. The fraction of sp³-hybridized carbons (Fsp3) is 0.217. The molecule has 0 amide bonds. The molecule has 34 heavy (non-hydrogen) atoms. The van der Waals surface area contributed by atoms with E-state index in [-0.39, 0.29) is 11.6 Å². The highest BCUT2D eigenvalue weighted by atomic mass is 19.4. The molecule has 0 radical (unpaired) electrons. The number of aliphatic imine (C=N–C) groups is 1. The minimum atomic E-state index is -4.51. The Bertz CT molecular complexity index is 1340. The van der Waals surface area contributed by atoms with Crippen LogP contribution < -0.4 is 15.1 Å². The molecule has 2 aromatic heterocycles. The first-order valence-electron chi connectivity index (χ1n) is 10.3. The molecule has 1 N–H and O–H groups in total. The second-order valence-corrected chi connectivity index (χ2v) is 7.72. The summed E-state index contributed by atoms with van der Waals surface area (Å²) in [7, 11) is 1.91. The van der Waals surface area contributed by atoms with E-state index < -0.39 is 17.8 Å². The normalized spacial score (nSPS) is 12.2. The summed E-state index contributed by atoms with van der Waals surface area (Å²) >= 11 is 0. The average Bonchev–Trinajstić information content (AvgIpc) is 3.31. The molecule has 8 nitrogen and oxygen atoms in total. The Labute approximate surface area is 192 Å². The van der Waals surface area contributed by atoms with Crippen LogP contribution in [0.4, 0.5) is 24.7 Å². The molecule has 0 spiro atoms. The van der Waals surface area contributed by atoms with Crippen LogP contribution in [0.25, 0.3) is 11.1 Å². The van der Waals surface area contributed by atoms with Gasteiger partial charge < -0.3 is 10.4 Å². The van der Waals surface area contributed by atoms with Crippen LogP contribution in [0.15, 0.2) is 64.2 Å². The van der Waals surface area contributed by atoms with Crippen molar-refractivity contribution < 1.29 is 27.5 Å². The molecule has 176 valence electrons. The fourth-order valence-electron chi connectivity index (χ4n) is 3.57. The maximum absolute atomic E-state index is 12.8. The number of hydrogen-bond donors (Lipinski definition) is 1. The van der Waals surface area contributed by atoms with Gasteiger partial charge in [0.05, 0.1) is 17.3 Å². The quantitative estimate of drug-likeness (QED) is 0.274. The first kappa shape index (κ1) is 23.0. The summed E-state index contributed by atoms with van der Waals surface area (Å²) in [5.41, 5.74) is 4.22. The summed E-state index contributed by atoms with van der Waals surface area (Å²) < 4.78 is 46.8. The molecule has 0 unspecified atom stereocenters. The lowest BCUT2D eigenvalue weighted by molar-refractivity contribution is -0.754. The molecule has 2 heterocycles. The highest BCUT2D eigenvalue weighted by molar-refractivity contribution is 5.87. The van der Waals surface area contributed by atoms with E-state index in [0.717, 1.165) is 40.2 Å². The third-order valence-corrected chi connectivity index (χ3v) is 5.25. The molecule has 0 saturated carbocycles. The van der Waals surface area contributed by atoms with Crippen LogP contribution in [-0.2, 0) is 19.8 Å². The van der Waals surface area contributed by atoms with Gasteiger partial charge in [0.1, 0.15) is 0 Å². The summed E-state index contributed by atoms with van der Waals surface area (Å²) in [6, 6.07) is 11.3. The summed E-state index contributed by atoms with van der Waals surface area (Å²) in [4.78, 5) is 3.69. The maximum atomic E-state index is 12.8. The number of alkyl halides is 3. The topological polar surface area (TPSA) is 95.2 Å². The number of benzene rings is 2. The molecule has 0 fully saturated rings. The first-order valence-corrected chi connectivity index (χ1v) is 10.3. The highest BCUT2D eigenvalue weighted by Crippen LogP contribution is 2.30. The van der Waals surface area contributed by atoms with Gasteiger partial charge in [0.25, 0.3) is 6.20 Å². The Morgan fingerprint density at radius 3 is 2.56 bits per heavy atom. The second-order valence-electron chi connectivity index (χ2n) is 7.72. The van der Waals surface area contributed by atoms with Crippen molar-refractivity contribution in [2.75, 3.05) is 5.32 Å². The van der Waals surface area contributed by atoms with E-state index in [9.17, 15) is 18.3 Å². The predicted molar refractivity (Wildman–Crippen MR) is 116 cm³/mol. The van der Waals surface area contributed by atoms with E-state index in [1.807, 2.05) is 49.8 Å². The van der Waals surface area contributed by atoms with Crippen molar-refractivity contribution in [3.63, 3.8) is 0 Å². The fourth-order valence-corrected chi connectivity index (χ4v) is 3.57. The zero-order valence-corrected chi connectivity index (χ0v) is 18.6. The Hall–Kier alpha value is -4.15. The van der Waals surface area contributed by atoms with Gasteiger partial charge >= 0.3 is 12.1 Å². The minimum Gasteiger partial charge on any atom is -0.846 e. The van der Waals surface area contributed by atoms with Crippen LogP contribution in [-0.4, -0.2) is 21.1 Å². The van der Waals surface area contributed by atoms with E-state index >= 15 is 0 Å². The van der Waals surface area contributed by atoms with Crippen LogP contribution in [0.1, 0.15) is 22.5 Å². The lowest BCUT2D eigenvalue weighted by atomic mass is 10.0. The average molecular weight is 470 g/mol. The Kier molecular flexibility index (Phi) is 6.10. The van der Waals surface area contributed by atoms with Crippen LogP contribution in [0.2, 0.25) is 0 Å². The Balaban J connectivity index is 1.43. The van der Waals surface area contributed by atoms with Gasteiger partial charge in [-0.25, -0.2) is 4.99 Å². The molecule has 4 rings (SSSR count). The van der Waals surface area contributed by atoms with Crippen LogP contribution in [0.3, 0.4) is 0 Å². The van der Waals surface area contributed by atoms with E-state index in [0.29, 0.717) is 6.54 Å². The van der Waals surface area contributed by atoms with Gasteiger partial charge in [-0.1, -0.05) is 30.3 Å². The van der Waals surface area contributed by atoms with Crippen molar-refractivity contribution in [1.29, 1.82) is 0 Å². The third-order valence-electron chi connectivity index (χ3n) is 5.25. The highest BCUT2D eigenvalue weighted by Gasteiger charge is 2.30.